The number of carbonyl (C=O) groups excluding carboxylic acids is 1. The molecule has 1 amide bonds. The van der Waals surface area contributed by atoms with Crippen LogP contribution in [-0.4, -0.2) is 37.1 Å². The first-order chi connectivity index (χ1) is 6.88. The first kappa shape index (κ1) is 9.97. The lowest BCUT2D eigenvalue weighted by Crippen LogP contribution is -2.44. The summed E-state index contributed by atoms with van der Waals surface area (Å²) in [6.45, 7) is 2.98. The van der Waals surface area contributed by atoms with Gasteiger partial charge in [0.1, 0.15) is 0 Å². The lowest BCUT2D eigenvalue weighted by atomic mass is 9.88. The summed E-state index contributed by atoms with van der Waals surface area (Å²) >= 11 is 0. The van der Waals surface area contributed by atoms with Gasteiger partial charge in [0.25, 0.3) is 0 Å². The average molecular weight is 196 g/mol. The van der Waals surface area contributed by atoms with Gasteiger partial charge in [0.05, 0.1) is 13.2 Å². The van der Waals surface area contributed by atoms with E-state index in [-0.39, 0.29) is 5.92 Å². The Morgan fingerprint density at radius 2 is 2.07 bits per heavy atom. The zero-order valence-electron chi connectivity index (χ0n) is 8.58. The molecule has 1 saturated heterocycles. The van der Waals surface area contributed by atoms with Crippen molar-refractivity contribution < 1.29 is 9.53 Å². The molecule has 1 heterocycles. The molecule has 1 aliphatic heterocycles. The third-order valence-electron chi connectivity index (χ3n) is 3.06. The molecule has 14 heavy (non-hydrogen) atoms. The summed E-state index contributed by atoms with van der Waals surface area (Å²) in [5.74, 6) is 0.523. The van der Waals surface area contributed by atoms with Crippen molar-refractivity contribution in [2.24, 2.45) is 5.92 Å². The van der Waals surface area contributed by atoms with Crippen LogP contribution in [0.1, 0.15) is 25.7 Å². The predicted molar refractivity (Wildman–Crippen MR) is 53.7 cm³/mol. The lowest BCUT2D eigenvalue weighted by molar-refractivity contribution is -0.139. The minimum atomic E-state index is 0.196. The van der Waals surface area contributed by atoms with Crippen molar-refractivity contribution >= 4 is 5.91 Å². The fraction of sp³-hybridized carbons (Fsp3) is 0.818. The Bertz CT molecular complexity index is 173. The van der Waals surface area contributed by atoms with Crippen LogP contribution in [0.2, 0.25) is 0 Å². The Morgan fingerprint density at radius 3 is 2.71 bits per heavy atom. The van der Waals surface area contributed by atoms with E-state index in [9.17, 15) is 4.79 Å². The lowest BCUT2D eigenvalue weighted by Gasteiger charge is -2.31. The minimum absolute atomic E-state index is 0.196. The molecule has 79 valence electrons. The SMILES string of the molecule is O=C([C@@H]1[CH]CCCC1)N1CCOCC1. The Hall–Kier alpha value is -0.570. The monoisotopic (exact) mass is 196 g/mol. The van der Waals surface area contributed by atoms with Crippen LogP contribution < -0.4 is 0 Å². The van der Waals surface area contributed by atoms with Gasteiger partial charge in [-0.2, -0.15) is 0 Å². The molecule has 0 unspecified atom stereocenters. The zero-order valence-corrected chi connectivity index (χ0v) is 8.58. The smallest absolute Gasteiger partial charge is 0.226 e. The Balaban J connectivity index is 1.85. The summed E-state index contributed by atoms with van der Waals surface area (Å²) in [7, 11) is 0. The fourth-order valence-corrected chi connectivity index (χ4v) is 2.19. The molecule has 0 spiro atoms. The molecule has 2 rings (SSSR count). The van der Waals surface area contributed by atoms with E-state index in [1.54, 1.807) is 0 Å². The fourth-order valence-electron chi connectivity index (χ4n) is 2.19. The highest BCUT2D eigenvalue weighted by atomic mass is 16.5. The number of rotatable bonds is 1. The van der Waals surface area contributed by atoms with Crippen molar-refractivity contribution in [1.29, 1.82) is 0 Å². The molecule has 0 aromatic heterocycles. The number of nitrogens with zero attached hydrogens (tertiary/aromatic N) is 1. The zero-order chi connectivity index (χ0) is 9.80. The molecule has 0 N–H and O–H groups in total. The van der Waals surface area contributed by atoms with Gasteiger partial charge in [-0.05, 0) is 19.3 Å². The molecule has 1 aliphatic carbocycles. The van der Waals surface area contributed by atoms with Gasteiger partial charge in [0.2, 0.25) is 5.91 Å². The van der Waals surface area contributed by atoms with Gasteiger partial charge in [-0.3, -0.25) is 4.79 Å². The van der Waals surface area contributed by atoms with Gasteiger partial charge >= 0.3 is 0 Å². The summed E-state index contributed by atoms with van der Waals surface area (Å²) in [4.78, 5) is 13.9. The van der Waals surface area contributed by atoms with Gasteiger partial charge in [0.15, 0.2) is 0 Å². The molecule has 3 nitrogen and oxygen atoms in total. The van der Waals surface area contributed by atoms with Crippen LogP contribution in [0.25, 0.3) is 0 Å². The highest BCUT2D eigenvalue weighted by Gasteiger charge is 2.26. The van der Waals surface area contributed by atoms with E-state index in [4.69, 9.17) is 4.74 Å². The molecule has 0 aromatic carbocycles. The summed E-state index contributed by atoms with van der Waals surface area (Å²) < 4.78 is 5.23. The van der Waals surface area contributed by atoms with Gasteiger partial charge in [-0.25, -0.2) is 0 Å². The van der Waals surface area contributed by atoms with E-state index in [2.05, 4.69) is 6.42 Å². The van der Waals surface area contributed by atoms with Crippen LogP contribution >= 0.6 is 0 Å². The molecule has 2 aliphatic rings. The third kappa shape index (κ3) is 2.27. The van der Waals surface area contributed by atoms with Crippen molar-refractivity contribution in [2.45, 2.75) is 25.7 Å². The molecule has 0 aromatic rings. The largest absolute Gasteiger partial charge is 0.378 e. The number of morpholine rings is 1. The number of carbonyl (C=O) groups is 1. The first-order valence-electron chi connectivity index (χ1n) is 5.58. The molecule has 0 bridgehead atoms. The molecular formula is C11H18NO2. The van der Waals surface area contributed by atoms with Crippen LogP contribution in [0.15, 0.2) is 0 Å². The van der Waals surface area contributed by atoms with E-state index in [0.29, 0.717) is 19.1 Å². The van der Waals surface area contributed by atoms with Crippen LogP contribution in [0, 0.1) is 12.3 Å². The van der Waals surface area contributed by atoms with Crippen LogP contribution in [0.5, 0.6) is 0 Å². The van der Waals surface area contributed by atoms with E-state index in [1.807, 2.05) is 4.90 Å². The maximum absolute atomic E-state index is 12.0. The molecular weight excluding hydrogens is 178 g/mol. The van der Waals surface area contributed by atoms with Crippen molar-refractivity contribution in [3.63, 3.8) is 0 Å². The van der Waals surface area contributed by atoms with Gasteiger partial charge < -0.3 is 9.64 Å². The van der Waals surface area contributed by atoms with Crippen molar-refractivity contribution in [1.82, 2.24) is 4.90 Å². The van der Waals surface area contributed by atoms with Gasteiger partial charge in [0, 0.05) is 19.0 Å². The molecule has 1 radical (unpaired) electrons. The van der Waals surface area contributed by atoms with E-state index in [1.165, 1.54) is 12.8 Å². The maximum atomic E-state index is 12.0. The second kappa shape index (κ2) is 4.78. The van der Waals surface area contributed by atoms with Crippen LogP contribution in [0.3, 0.4) is 0 Å². The van der Waals surface area contributed by atoms with Crippen LogP contribution in [0.4, 0.5) is 0 Å². The number of ether oxygens (including phenoxy) is 1. The quantitative estimate of drug-likeness (QED) is 0.631. The molecule has 1 saturated carbocycles. The second-order valence-electron chi connectivity index (χ2n) is 4.06. The van der Waals surface area contributed by atoms with Gasteiger partial charge in [-0.15, -0.1) is 0 Å². The number of hydrogen-bond acceptors (Lipinski definition) is 2. The van der Waals surface area contributed by atoms with Crippen molar-refractivity contribution in [3.8, 4) is 0 Å². The highest BCUT2D eigenvalue weighted by Crippen LogP contribution is 2.24. The van der Waals surface area contributed by atoms with Crippen molar-refractivity contribution in [3.05, 3.63) is 6.42 Å². The number of amides is 1. The highest BCUT2D eigenvalue weighted by molar-refractivity contribution is 5.80. The topological polar surface area (TPSA) is 29.5 Å². The Morgan fingerprint density at radius 1 is 1.29 bits per heavy atom. The number of hydrogen-bond donors (Lipinski definition) is 0. The maximum Gasteiger partial charge on any atom is 0.226 e. The Labute approximate surface area is 85.4 Å². The minimum Gasteiger partial charge on any atom is -0.378 e. The molecule has 3 heteroatoms. The Kier molecular flexibility index (Phi) is 3.40. The summed E-state index contributed by atoms with van der Waals surface area (Å²) in [5, 5.41) is 0. The third-order valence-corrected chi connectivity index (χ3v) is 3.06. The summed E-state index contributed by atoms with van der Waals surface area (Å²) in [5.41, 5.74) is 0. The van der Waals surface area contributed by atoms with E-state index >= 15 is 0 Å². The van der Waals surface area contributed by atoms with E-state index in [0.717, 1.165) is 25.9 Å². The predicted octanol–water partition coefficient (Wildman–Crippen LogP) is 1.24. The summed E-state index contributed by atoms with van der Waals surface area (Å²) in [6, 6.07) is 0. The molecule has 2 fully saturated rings. The van der Waals surface area contributed by atoms with E-state index < -0.39 is 0 Å². The molecule has 1 atom stereocenters. The van der Waals surface area contributed by atoms with Crippen LogP contribution in [-0.2, 0) is 9.53 Å². The second-order valence-corrected chi connectivity index (χ2v) is 4.06. The standard InChI is InChI=1S/C11H18NO2/c13-11(10-4-2-1-3-5-10)12-6-8-14-9-7-12/h4,10H,1-3,5-9H2/t10-/m1/s1. The first-order valence-corrected chi connectivity index (χ1v) is 5.58. The van der Waals surface area contributed by atoms with Crippen molar-refractivity contribution in [2.75, 3.05) is 26.3 Å². The van der Waals surface area contributed by atoms with Gasteiger partial charge in [-0.1, -0.05) is 12.8 Å². The summed E-state index contributed by atoms with van der Waals surface area (Å²) in [6.07, 6.45) is 6.82. The normalized spacial score (nSPS) is 25.0. The average Bonchev–Trinajstić information content (AvgIpc) is 2.30.